The second-order valence-corrected chi connectivity index (χ2v) is 4.60. The van der Waals surface area contributed by atoms with Crippen molar-refractivity contribution in [3.63, 3.8) is 0 Å². The Morgan fingerprint density at radius 2 is 2.05 bits per heavy atom. The van der Waals surface area contributed by atoms with Crippen LogP contribution in [0.5, 0.6) is 0 Å². The van der Waals surface area contributed by atoms with Gasteiger partial charge in [-0.1, -0.05) is 13.0 Å². The first kappa shape index (κ1) is 16.8. The van der Waals surface area contributed by atoms with Crippen LogP contribution < -0.4 is 0 Å². The van der Waals surface area contributed by atoms with Gasteiger partial charge in [-0.3, -0.25) is 9.69 Å². The van der Waals surface area contributed by atoms with Gasteiger partial charge in [-0.25, -0.2) is 0 Å². The van der Waals surface area contributed by atoms with E-state index in [1.54, 1.807) is 11.8 Å². The lowest BCUT2D eigenvalue weighted by Crippen LogP contribution is -2.45. The fourth-order valence-corrected chi connectivity index (χ4v) is 2.39. The first-order valence-electron chi connectivity index (χ1n) is 5.98. The van der Waals surface area contributed by atoms with Crippen molar-refractivity contribution in [1.82, 2.24) is 4.90 Å². The summed E-state index contributed by atoms with van der Waals surface area (Å²) < 4.78 is 37.9. The first-order valence-corrected chi connectivity index (χ1v) is 5.98. The molecule has 1 atom stereocenters. The van der Waals surface area contributed by atoms with Gasteiger partial charge in [0.2, 0.25) is 0 Å². The summed E-state index contributed by atoms with van der Waals surface area (Å²) in [6, 6.07) is 2.87. The number of alkyl halides is 3. The fourth-order valence-electron chi connectivity index (χ4n) is 2.39. The summed E-state index contributed by atoms with van der Waals surface area (Å²) in [6.45, 7) is 2.54. The summed E-state index contributed by atoms with van der Waals surface area (Å²) in [6.07, 6.45) is -4.12. The minimum absolute atomic E-state index is 0. The van der Waals surface area contributed by atoms with E-state index in [0.29, 0.717) is 17.7 Å². The second-order valence-electron chi connectivity index (χ2n) is 4.60. The van der Waals surface area contributed by atoms with Gasteiger partial charge in [-0.2, -0.15) is 13.2 Å². The zero-order chi connectivity index (χ0) is 14.2. The normalized spacial score (nSPS) is 19.1. The minimum atomic E-state index is -4.37. The number of hydrogen-bond donors (Lipinski definition) is 1. The predicted octanol–water partition coefficient (Wildman–Crippen LogP) is 2.96. The molecule has 0 radical (unpaired) electrons. The highest BCUT2D eigenvalue weighted by molar-refractivity contribution is 5.85. The Labute approximate surface area is 120 Å². The average Bonchev–Trinajstić information content (AvgIpc) is 2.35. The highest BCUT2D eigenvalue weighted by atomic mass is 35.5. The van der Waals surface area contributed by atoms with Crippen LogP contribution in [0.25, 0.3) is 0 Å². The molecule has 0 fully saturated rings. The molecule has 1 aromatic carbocycles. The molecule has 1 aliphatic rings. The third-order valence-corrected chi connectivity index (χ3v) is 3.45. The number of carbonyl (C=O) groups is 1. The van der Waals surface area contributed by atoms with E-state index in [9.17, 15) is 18.0 Å². The molecule has 1 heterocycles. The van der Waals surface area contributed by atoms with Crippen LogP contribution in [-0.4, -0.2) is 28.6 Å². The molecule has 20 heavy (non-hydrogen) atoms. The number of carboxylic acids is 1. The lowest BCUT2D eigenvalue weighted by molar-refractivity contribution is -0.144. The molecule has 3 nitrogen and oxygen atoms in total. The second kappa shape index (κ2) is 6.01. The van der Waals surface area contributed by atoms with Gasteiger partial charge in [0.1, 0.15) is 6.04 Å². The Balaban J connectivity index is 0.00000200. The van der Waals surface area contributed by atoms with Crippen LogP contribution in [0.1, 0.15) is 23.6 Å². The smallest absolute Gasteiger partial charge is 0.416 e. The first-order chi connectivity index (χ1) is 8.82. The van der Waals surface area contributed by atoms with E-state index in [4.69, 9.17) is 5.11 Å². The quantitative estimate of drug-likeness (QED) is 0.913. The molecule has 1 unspecified atom stereocenters. The number of benzene rings is 1. The van der Waals surface area contributed by atoms with Crippen molar-refractivity contribution >= 4 is 18.4 Å². The van der Waals surface area contributed by atoms with Crippen LogP contribution in [0.3, 0.4) is 0 Å². The highest BCUT2D eigenvalue weighted by Gasteiger charge is 2.34. The van der Waals surface area contributed by atoms with E-state index in [1.807, 2.05) is 0 Å². The van der Waals surface area contributed by atoms with Crippen LogP contribution in [0, 0.1) is 0 Å². The molecule has 1 N–H and O–H groups in total. The van der Waals surface area contributed by atoms with Gasteiger partial charge in [0, 0.05) is 6.54 Å². The van der Waals surface area contributed by atoms with Crippen molar-refractivity contribution in [2.24, 2.45) is 0 Å². The van der Waals surface area contributed by atoms with Gasteiger partial charge >= 0.3 is 12.1 Å². The molecule has 0 spiro atoms. The van der Waals surface area contributed by atoms with Crippen molar-refractivity contribution in [3.05, 3.63) is 34.9 Å². The minimum Gasteiger partial charge on any atom is -0.480 e. The van der Waals surface area contributed by atoms with Crippen LogP contribution in [0.2, 0.25) is 0 Å². The Morgan fingerprint density at radius 1 is 1.40 bits per heavy atom. The Morgan fingerprint density at radius 3 is 2.55 bits per heavy atom. The molecule has 0 aliphatic carbocycles. The third kappa shape index (κ3) is 3.24. The maximum Gasteiger partial charge on any atom is 0.416 e. The lowest BCUT2D eigenvalue weighted by Gasteiger charge is -2.33. The molecule has 1 aliphatic heterocycles. The van der Waals surface area contributed by atoms with Gasteiger partial charge in [0.15, 0.2) is 0 Å². The molecule has 112 valence electrons. The van der Waals surface area contributed by atoms with Crippen molar-refractivity contribution in [1.29, 1.82) is 0 Å². The molecule has 2 rings (SSSR count). The summed E-state index contributed by atoms with van der Waals surface area (Å²) in [4.78, 5) is 12.8. The van der Waals surface area contributed by atoms with Crippen molar-refractivity contribution in [2.45, 2.75) is 32.1 Å². The van der Waals surface area contributed by atoms with Crippen LogP contribution in [-0.2, 0) is 23.9 Å². The van der Waals surface area contributed by atoms with E-state index in [0.717, 1.165) is 12.1 Å². The molecular weight excluding hydrogens is 295 g/mol. The summed E-state index contributed by atoms with van der Waals surface area (Å²) in [5.41, 5.74) is 0.565. The number of nitrogens with zero attached hydrogens (tertiary/aromatic N) is 1. The van der Waals surface area contributed by atoms with E-state index in [1.165, 1.54) is 6.07 Å². The Hall–Kier alpha value is -1.27. The van der Waals surface area contributed by atoms with Crippen molar-refractivity contribution in [2.75, 3.05) is 6.54 Å². The standard InChI is InChI=1S/C13H14F3NO2.ClH/c1-2-17-7-9-5-10(13(14,15)16)4-3-8(9)6-11(17)12(18)19;/h3-5,11H,2,6-7H2,1H3,(H,18,19);1H. The van der Waals surface area contributed by atoms with Gasteiger partial charge in [0.25, 0.3) is 0 Å². The molecule has 0 amide bonds. The maximum absolute atomic E-state index is 12.6. The average molecular weight is 310 g/mol. The zero-order valence-electron chi connectivity index (χ0n) is 10.8. The lowest BCUT2D eigenvalue weighted by atomic mass is 9.92. The highest BCUT2D eigenvalue weighted by Crippen LogP contribution is 2.33. The Kier molecular flexibility index (Phi) is 5.05. The largest absolute Gasteiger partial charge is 0.480 e. The monoisotopic (exact) mass is 309 g/mol. The molecule has 7 heteroatoms. The Bertz CT molecular complexity index is 505. The van der Waals surface area contributed by atoms with E-state index >= 15 is 0 Å². The summed E-state index contributed by atoms with van der Waals surface area (Å²) in [5.74, 6) is -0.938. The SMILES string of the molecule is CCN1Cc2cc(C(F)(F)F)ccc2CC1C(=O)O.Cl. The van der Waals surface area contributed by atoms with Gasteiger partial charge in [0.05, 0.1) is 5.56 Å². The number of aliphatic carboxylic acids is 1. The molecule has 0 bridgehead atoms. The predicted molar refractivity (Wildman–Crippen MR) is 69.9 cm³/mol. The number of hydrogen-bond acceptors (Lipinski definition) is 2. The number of carboxylic acid groups (broad SMARTS) is 1. The van der Waals surface area contributed by atoms with E-state index < -0.39 is 23.8 Å². The number of halogens is 4. The van der Waals surface area contributed by atoms with Crippen LogP contribution >= 0.6 is 12.4 Å². The molecular formula is C13H15ClF3NO2. The van der Waals surface area contributed by atoms with E-state index in [-0.39, 0.29) is 25.4 Å². The molecule has 0 saturated heterocycles. The van der Waals surface area contributed by atoms with Gasteiger partial charge in [-0.05, 0) is 36.2 Å². The van der Waals surface area contributed by atoms with Crippen molar-refractivity contribution < 1.29 is 23.1 Å². The van der Waals surface area contributed by atoms with Crippen LogP contribution in [0.4, 0.5) is 13.2 Å². The third-order valence-electron chi connectivity index (χ3n) is 3.45. The summed E-state index contributed by atoms with van der Waals surface area (Å²) in [5, 5.41) is 9.13. The molecule has 0 aromatic heterocycles. The summed E-state index contributed by atoms with van der Waals surface area (Å²) in [7, 11) is 0. The molecule has 1 aromatic rings. The molecule has 0 saturated carbocycles. The van der Waals surface area contributed by atoms with E-state index in [2.05, 4.69) is 0 Å². The number of fused-ring (bicyclic) bond motifs is 1. The number of likely N-dealkylation sites (N-methyl/N-ethyl adjacent to an activating group) is 1. The van der Waals surface area contributed by atoms with Gasteiger partial charge in [-0.15, -0.1) is 12.4 Å². The van der Waals surface area contributed by atoms with Crippen molar-refractivity contribution in [3.8, 4) is 0 Å². The van der Waals surface area contributed by atoms with Crippen LogP contribution in [0.15, 0.2) is 18.2 Å². The zero-order valence-corrected chi connectivity index (χ0v) is 11.6. The number of rotatable bonds is 2. The fraction of sp³-hybridized carbons (Fsp3) is 0.462. The maximum atomic E-state index is 12.6. The summed E-state index contributed by atoms with van der Waals surface area (Å²) >= 11 is 0. The van der Waals surface area contributed by atoms with Gasteiger partial charge < -0.3 is 5.11 Å². The topological polar surface area (TPSA) is 40.5 Å².